The molecule has 38 heavy (non-hydrogen) atoms. The molecule has 0 saturated carbocycles. The monoisotopic (exact) mass is 521 g/mol. The van der Waals surface area contributed by atoms with Gasteiger partial charge in [-0.05, 0) is 74.2 Å². The van der Waals surface area contributed by atoms with Crippen LogP contribution in [0.2, 0.25) is 0 Å². The maximum Gasteiger partial charge on any atom is 0.408 e. The van der Waals surface area contributed by atoms with Gasteiger partial charge in [-0.1, -0.05) is 12.1 Å². The number of carboxylic acid groups (broad SMARTS) is 1. The lowest BCUT2D eigenvalue weighted by molar-refractivity contribution is -0.120. The number of amides is 2. The van der Waals surface area contributed by atoms with Crippen molar-refractivity contribution in [2.24, 2.45) is 0 Å². The van der Waals surface area contributed by atoms with Crippen molar-refractivity contribution in [3.63, 3.8) is 0 Å². The van der Waals surface area contributed by atoms with Gasteiger partial charge in [0.05, 0.1) is 20.1 Å². The number of pyridine rings is 2. The third kappa shape index (κ3) is 7.34. The first kappa shape index (κ1) is 28.2. The molecule has 0 atom stereocenters. The van der Waals surface area contributed by atoms with E-state index >= 15 is 0 Å². The fraction of sp³-hybridized carbons (Fsp3) is 0.357. The first-order valence-electron chi connectivity index (χ1n) is 12.3. The van der Waals surface area contributed by atoms with Crippen LogP contribution in [0.3, 0.4) is 0 Å². The Morgan fingerprint density at radius 1 is 1.13 bits per heavy atom. The number of rotatable bonds is 10. The third-order valence-corrected chi connectivity index (χ3v) is 6.20. The minimum absolute atomic E-state index is 0.0946. The average molecular weight is 522 g/mol. The standard InChI is InChI=1S/C28H35N5O5/c1-19-10-12-33(31-16-20-7-6-11-29-15-20)26(35)24(19)14-25(34)30-17-22-13-23(38-5)9-8-21(22)18-32(27(36)37)28(2,3)4/h6-13,15,31H,14,16-18H2,1-5H3,(H,30,34)(H,36,37). The van der Waals surface area contributed by atoms with E-state index in [2.05, 4.69) is 15.7 Å². The minimum Gasteiger partial charge on any atom is -0.497 e. The molecule has 2 heterocycles. The fourth-order valence-corrected chi connectivity index (χ4v) is 3.91. The van der Waals surface area contributed by atoms with E-state index < -0.39 is 11.6 Å². The molecule has 3 aromatic rings. The maximum absolute atomic E-state index is 13.1. The summed E-state index contributed by atoms with van der Waals surface area (Å²) in [6, 6.07) is 10.8. The second kappa shape index (κ2) is 12.3. The lowest BCUT2D eigenvalue weighted by Crippen LogP contribution is -2.44. The third-order valence-electron chi connectivity index (χ3n) is 6.20. The highest BCUT2D eigenvalue weighted by Gasteiger charge is 2.27. The van der Waals surface area contributed by atoms with Crippen molar-refractivity contribution in [1.82, 2.24) is 19.9 Å². The van der Waals surface area contributed by atoms with Gasteiger partial charge >= 0.3 is 6.09 Å². The van der Waals surface area contributed by atoms with Gasteiger partial charge < -0.3 is 20.6 Å². The number of hydrogen-bond acceptors (Lipinski definition) is 6. The van der Waals surface area contributed by atoms with Crippen molar-refractivity contribution in [1.29, 1.82) is 0 Å². The number of nitrogens with one attached hydrogen (secondary N) is 2. The van der Waals surface area contributed by atoms with Crippen LogP contribution in [-0.2, 0) is 30.8 Å². The molecule has 2 aromatic heterocycles. The van der Waals surface area contributed by atoms with E-state index in [1.807, 2.05) is 32.9 Å². The van der Waals surface area contributed by atoms with E-state index in [-0.39, 0.29) is 31.0 Å². The summed E-state index contributed by atoms with van der Waals surface area (Å²) in [6.07, 6.45) is 3.91. The maximum atomic E-state index is 13.1. The fourth-order valence-electron chi connectivity index (χ4n) is 3.91. The van der Waals surface area contributed by atoms with E-state index in [0.717, 1.165) is 16.7 Å². The molecule has 0 aliphatic heterocycles. The summed E-state index contributed by atoms with van der Waals surface area (Å²) >= 11 is 0. The molecule has 0 unspecified atom stereocenters. The summed E-state index contributed by atoms with van der Waals surface area (Å²) in [6.45, 7) is 7.99. The van der Waals surface area contributed by atoms with Crippen LogP contribution in [0, 0.1) is 6.92 Å². The van der Waals surface area contributed by atoms with Gasteiger partial charge in [-0.3, -0.25) is 19.5 Å². The highest BCUT2D eigenvalue weighted by molar-refractivity contribution is 5.78. The summed E-state index contributed by atoms with van der Waals surface area (Å²) in [5.41, 5.74) is 5.65. The van der Waals surface area contributed by atoms with Crippen LogP contribution in [0.4, 0.5) is 4.79 Å². The highest BCUT2D eigenvalue weighted by atomic mass is 16.5. The van der Waals surface area contributed by atoms with E-state index in [9.17, 15) is 19.5 Å². The first-order chi connectivity index (χ1) is 18.0. The predicted molar refractivity (Wildman–Crippen MR) is 145 cm³/mol. The molecule has 0 bridgehead atoms. The van der Waals surface area contributed by atoms with Crippen LogP contribution in [-0.4, -0.2) is 44.3 Å². The number of carbonyl (C=O) groups is 2. The number of carbonyl (C=O) groups excluding carboxylic acids is 1. The Morgan fingerprint density at radius 2 is 1.89 bits per heavy atom. The molecular weight excluding hydrogens is 486 g/mol. The molecule has 0 radical (unpaired) electrons. The Hall–Kier alpha value is -4.34. The molecule has 10 heteroatoms. The molecule has 10 nitrogen and oxygen atoms in total. The molecule has 0 fully saturated rings. The number of aromatic nitrogens is 2. The van der Waals surface area contributed by atoms with Crippen molar-refractivity contribution in [3.8, 4) is 5.75 Å². The number of nitrogens with zero attached hydrogens (tertiary/aromatic N) is 3. The normalized spacial score (nSPS) is 11.1. The second-order valence-corrected chi connectivity index (χ2v) is 9.98. The summed E-state index contributed by atoms with van der Waals surface area (Å²) in [5.74, 6) is 0.270. The first-order valence-corrected chi connectivity index (χ1v) is 12.3. The van der Waals surface area contributed by atoms with Crippen LogP contribution in [0.5, 0.6) is 5.75 Å². The zero-order valence-corrected chi connectivity index (χ0v) is 22.4. The van der Waals surface area contributed by atoms with Gasteiger partial charge in [0.2, 0.25) is 5.91 Å². The van der Waals surface area contributed by atoms with Crippen molar-refractivity contribution in [2.45, 2.75) is 59.3 Å². The average Bonchev–Trinajstić information content (AvgIpc) is 2.88. The Morgan fingerprint density at radius 3 is 2.53 bits per heavy atom. The molecule has 202 valence electrons. The van der Waals surface area contributed by atoms with Crippen molar-refractivity contribution in [2.75, 3.05) is 12.5 Å². The Labute approximate surface area is 222 Å². The molecule has 0 saturated heterocycles. The van der Waals surface area contributed by atoms with E-state index in [4.69, 9.17) is 4.74 Å². The number of aryl methyl sites for hydroxylation is 1. The zero-order chi connectivity index (χ0) is 27.9. The van der Waals surface area contributed by atoms with Crippen LogP contribution < -0.4 is 21.0 Å². The molecule has 3 rings (SSSR count). The van der Waals surface area contributed by atoms with Gasteiger partial charge in [0.15, 0.2) is 0 Å². The largest absolute Gasteiger partial charge is 0.497 e. The number of hydrogen-bond donors (Lipinski definition) is 3. The van der Waals surface area contributed by atoms with Crippen molar-refractivity contribution in [3.05, 3.63) is 93.2 Å². The smallest absolute Gasteiger partial charge is 0.408 e. The van der Waals surface area contributed by atoms with E-state index in [1.165, 1.54) is 9.58 Å². The topological polar surface area (TPSA) is 126 Å². The molecule has 0 aliphatic rings. The van der Waals surface area contributed by atoms with E-state index in [0.29, 0.717) is 23.4 Å². The van der Waals surface area contributed by atoms with Gasteiger partial charge in [-0.2, -0.15) is 0 Å². The van der Waals surface area contributed by atoms with Crippen molar-refractivity contribution >= 4 is 12.0 Å². The SMILES string of the molecule is COc1ccc(CN(C(=O)O)C(C)(C)C)c(CNC(=O)Cc2c(C)ccn(NCc3cccnc3)c2=O)c1. The van der Waals surface area contributed by atoms with Crippen LogP contribution in [0.15, 0.2) is 59.8 Å². The Kier molecular flexibility index (Phi) is 9.11. The Balaban J connectivity index is 1.73. The highest BCUT2D eigenvalue weighted by Crippen LogP contribution is 2.23. The quantitative estimate of drug-likeness (QED) is 0.373. The summed E-state index contributed by atoms with van der Waals surface area (Å²) in [5, 5.41) is 12.6. The van der Waals surface area contributed by atoms with Gasteiger partial charge in [0, 0.05) is 42.8 Å². The van der Waals surface area contributed by atoms with Gasteiger partial charge in [-0.15, -0.1) is 0 Å². The van der Waals surface area contributed by atoms with Gasteiger partial charge in [0.1, 0.15) is 5.75 Å². The summed E-state index contributed by atoms with van der Waals surface area (Å²) < 4.78 is 6.70. The van der Waals surface area contributed by atoms with Crippen LogP contribution in [0.1, 0.15) is 48.6 Å². The molecular formula is C28H35N5O5. The van der Waals surface area contributed by atoms with Gasteiger partial charge in [-0.25, -0.2) is 9.47 Å². The van der Waals surface area contributed by atoms with Gasteiger partial charge in [0.25, 0.3) is 5.56 Å². The number of benzene rings is 1. The molecule has 2 amide bonds. The number of ether oxygens (including phenoxy) is 1. The zero-order valence-electron chi connectivity index (χ0n) is 22.4. The predicted octanol–water partition coefficient (Wildman–Crippen LogP) is 3.44. The molecule has 3 N–H and O–H groups in total. The molecule has 0 aliphatic carbocycles. The summed E-state index contributed by atoms with van der Waals surface area (Å²) in [4.78, 5) is 43.3. The molecule has 0 spiro atoms. The summed E-state index contributed by atoms with van der Waals surface area (Å²) in [7, 11) is 1.54. The lowest BCUT2D eigenvalue weighted by Gasteiger charge is -2.33. The van der Waals surface area contributed by atoms with Crippen molar-refractivity contribution < 1.29 is 19.4 Å². The van der Waals surface area contributed by atoms with E-state index in [1.54, 1.807) is 56.9 Å². The lowest BCUT2D eigenvalue weighted by atomic mass is 10.0. The number of methoxy groups -OCH3 is 1. The second-order valence-electron chi connectivity index (χ2n) is 9.98. The molecule has 1 aromatic carbocycles. The van der Waals surface area contributed by atoms with Crippen LogP contribution >= 0.6 is 0 Å². The van der Waals surface area contributed by atoms with Crippen LogP contribution in [0.25, 0.3) is 0 Å². The Bertz CT molecular complexity index is 1330. The minimum atomic E-state index is -1.03.